The van der Waals surface area contributed by atoms with Crippen molar-refractivity contribution in [1.29, 1.82) is 0 Å². The lowest BCUT2D eigenvalue weighted by atomic mass is 9.99. The number of aliphatic carboxylic acids is 1. The standard InChI is InChI=1S/C10H10BrFO2/c1-6(10(13)14)9(12)7-4-2-3-5-8(7)11/h2-6,9H,1H3,(H,13,14). The van der Waals surface area contributed by atoms with Gasteiger partial charge in [-0.2, -0.15) is 0 Å². The molecule has 4 heteroatoms. The molecule has 1 rings (SSSR count). The fraction of sp³-hybridized carbons (Fsp3) is 0.300. The van der Waals surface area contributed by atoms with Crippen LogP contribution in [0.4, 0.5) is 4.39 Å². The number of alkyl halides is 1. The number of carbonyl (C=O) groups is 1. The lowest BCUT2D eigenvalue weighted by Crippen LogP contribution is -2.16. The molecule has 2 nitrogen and oxygen atoms in total. The Bertz CT molecular complexity index is 341. The first-order valence-electron chi connectivity index (χ1n) is 4.15. The second-order valence-electron chi connectivity index (χ2n) is 3.05. The quantitative estimate of drug-likeness (QED) is 0.907. The largest absolute Gasteiger partial charge is 0.481 e. The number of rotatable bonds is 3. The predicted molar refractivity (Wildman–Crippen MR) is 54.8 cm³/mol. The van der Waals surface area contributed by atoms with Gasteiger partial charge in [-0.15, -0.1) is 0 Å². The maximum Gasteiger partial charge on any atom is 0.309 e. The van der Waals surface area contributed by atoms with Crippen molar-refractivity contribution in [3.63, 3.8) is 0 Å². The molecule has 2 atom stereocenters. The van der Waals surface area contributed by atoms with Crippen molar-refractivity contribution in [3.05, 3.63) is 34.3 Å². The highest BCUT2D eigenvalue weighted by molar-refractivity contribution is 9.10. The van der Waals surface area contributed by atoms with Gasteiger partial charge in [0, 0.05) is 10.0 Å². The van der Waals surface area contributed by atoms with E-state index in [2.05, 4.69) is 15.9 Å². The van der Waals surface area contributed by atoms with Gasteiger partial charge in [0.25, 0.3) is 0 Å². The molecule has 0 aromatic heterocycles. The van der Waals surface area contributed by atoms with Crippen molar-refractivity contribution in [2.45, 2.75) is 13.1 Å². The third-order valence-corrected chi connectivity index (χ3v) is 2.75. The van der Waals surface area contributed by atoms with Crippen molar-refractivity contribution >= 4 is 21.9 Å². The van der Waals surface area contributed by atoms with Gasteiger partial charge in [0.15, 0.2) is 0 Å². The zero-order valence-corrected chi connectivity index (χ0v) is 9.16. The van der Waals surface area contributed by atoms with Crippen LogP contribution in [0.1, 0.15) is 18.7 Å². The van der Waals surface area contributed by atoms with Gasteiger partial charge in [-0.1, -0.05) is 34.1 Å². The van der Waals surface area contributed by atoms with Crippen molar-refractivity contribution in [2.75, 3.05) is 0 Å². The number of hydrogen-bond acceptors (Lipinski definition) is 1. The fourth-order valence-electron chi connectivity index (χ4n) is 1.09. The molecule has 14 heavy (non-hydrogen) atoms. The predicted octanol–water partition coefficient (Wildman–Crippen LogP) is 3.18. The van der Waals surface area contributed by atoms with Crippen LogP contribution in [0.2, 0.25) is 0 Å². The van der Waals surface area contributed by atoms with Crippen LogP contribution in [0.5, 0.6) is 0 Å². The Kier molecular flexibility index (Phi) is 3.63. The van der Waals surface area contributed by atoms with Crippen molar-refractivity contribution in [1.82, 2.24) is 0 Å². The summed E-state index contributed by atoms with van der Waals surface area (Å²) in [5, 5.41) is 8.65. The highest BCUT2D eigenvalue weighted by Crippen LogP contribution is 2.31. The van der Waals surface area contributed by atoms with E-state index >= 15 is 0 Å². The monoisotopic (exact) mass is 260 g/mol. The van der Waals surface area contributed by atoms with Crippen molar-refractivity contribution in [2.24, 2.45) is 5.92 Å². The summed E-state index contributed by atoms with van der Waals surface area (Å²) in [6.45, 7) is 1.35. The van der Waals surface area contributed by atoms with Gasteiger partial charge < -0.3 is 5.11 Å². The number of hydrogen-bond donors (Lipinski definition) is 1. The molecule has 0 aliphatic rings. The smallest absolute Gasteiger partial charge is 0.309 e. The number of halogens is 2. The van der Waals surface area contributed by atoms with Crippen molar-refractivity contribution in [3.8, 4) is 0 Å². The van der Waals surface area contributed by atoms with Gasteiger partial charge in [-0.05, 0) is 13.0 Å². The summed E-state index contributed by atoms with van der Waals surface area (Å²) in [6, 6.07) is 6.71. The summed E-state index contributed by atoms with van der Waals surface area (Å²) in [5.74, 6) is -2.16. The molecule has 0 aliphatic carbocycles. The minimum absolute atomic E-state index is 0.377. The van der Waals surface area contributed by atoms with Gasteiger partial charge in [-0.25, -0.2) is 4.39 Å². The summed E-state index contributed by atoms with van der Waals surface area (Å²) in [4.78, 5) is 10.6. The Balaban J connectivity index is 2.94. The molecule has 0 heterocycles. The van der Waals surface area contributed by atoms with Crippen LogP contribution in [0, 0.1) is 5.92 Å². The van der Waals surface area contributed by atoms with Gasteiger partial charge in [0.1, 0.15) is 6.17 Å². The van der Waals surface area contributed by atoms with Crippen LogP contribution >= 0.6 is 15.9 Å². The molecule has 0 saturated carbocycles. The van der Waals surface area contributed by atoms with Crippen LogP contribution in [0.25, 0.3) is 0 Å². The second kappa shape index (κ2) is 4.55. The van der Waals surface area contributed by atoms with E-state index in [1.54, 1.807) is 24.3 Å². The molecule has 1 aromatic rings. The molecule has 1 N–H and O–H groups in total. The Morgan fingerprint density at radius 1 is 1.50 bits per heavy atom. The summed E-state index contributed by atoms with van der Waals surface area (Å²) in [7, 11) is 0. The van der Waals surface area contributed by atoms with Crippen LogP contribution in [-0.4, -0.2) is 11.1 Å². The van der Waals surface area contributed by atoms with Crippen molar-refractivity contribution < 1.29 is 14.3 Å². The first-order valence-corrected chi connectivity index (χ1v) is 4.94. The van der Waals surface area contributed by atoms with E-state index < -0.39 is 18.1 Å². The molecule has 0 saturated heterocycles. The van der Waals surface area contributed by atoms with E-state index in [4.69, 9.17) is 5.11 Å². The second-order valence-corrected chi connectivity index (χ2v) is 3.90. The topological polar surface area (TPSA) is 37.3 Å². The Morgan fingerprint density at radius 3 is 2.57 bits per heavy atom. The average Bonchev–Trinajstić information content (AvgIpc) is 2.16. The van der Waals surface area contributed by atoms with Crippen LogP contribution in [0.15, 0.2) is 28.7 Å². The molecule has 0 aliphatic heterocycles. The molecular formula is C10H10BrFO2. The Labute approximate surface area is 89.9 Å². The third-order valence-electron chi connectivity index (χ3n) is 2.03. The van der Waals surface area contributed by atoms with Gasteiger partial charge in [0.05, 0.1) is 5.92 Å². The number of benzene rings is 1. The molecular weight excluding hydrogens is 251 g/mol. The molecule has 76 valence electrons. The maximum absolute atomic E-state index is 13.6. The first-order chi connectivity index (χ1) is 6.54. The minimum atomic E-state index is -1.48. The summed E-state index contributed by atoms with van der Waals surface area (Å²) < 4.78 is 14.2. The summed E-state index contributed by atoms with van der Waals surface area (Å²) in [6.07, 6.45) is -1.48. The molecule has 0 bridgehead atoms. The molecule has 0 amide bonds. The number of carboxylic acid groups (broad SMARTS) is 1. The summed E-state index contributed by atoms with van der Waals surface area (Å²) in [5.41, 5.74) is 0.377. The van der Waals surface area contributed by atoms with E-state index in [9.17, 15) is 9.18 Å². The number of carboxylic acids is 1. The van der Waals surface area contributed by atoms with Crippen LogP contribution in [-0.2, 0) is 4.79 Å². The normalized spacial score (nSPS) is 14.8. The van der Waals surface area contributed by atoms with E-state index in [-0.39, 0.29) is 0 Å². The van der Waals surface area contributed by atoms with Crippen LogP contribution < -0.4 is 0 Å². The Hall–Kier alpha value is -0.900. The SMILES string of the molecule is CC(C(=O)O)C(F)c1ccccc1Br. The van der Waals surface area contributed by atoms with Crippen LogP contribution in [0.3, 0.4) is 0 Å². The fourth-order valence-corrected chi connectivity index (χ4v) is 1.60. The highest BCUT2D eigenvalue weighted by atomic mass is 79.9. The molecule has 1 aromatic carbocycles. The maximum atomic E-state index is 13.6. The van der Waals surface area contributed by atoms with Gasteiger partial charge >= 0.3 is 5.97 Å². The lowest BCUT2D eigenvalue weighted by Gasteiger charge is -2.13. The molecule has 0 fully saturated rings. The van der Waals surface area contributed by atoms with E-state index in [1.165, 1.54) is 6.92 Å². The zero-order chi connectivity index (χ0) is 10.7. The minimum Gasteiger partial charge on any atom is -0.481 e. The first kappa shape index (κ1) is 11.2. The zero-order valence-electron chi connectivity index (χ0n) is 7.58. The summed E-state index contributed by atoms with van der Waals surface area (Å²) >= 11 is 3.18. The average molecular weight is 261 g/mol. The Morgan fingerprint density at radius 2 is 2.07 bits per heavy atom. The highest BCUT2D eigenvalue weighted by Gasteiger charge is 2.25. The molecule has 0 spiro atoms. The molecule has 0 radical (unpaired) electrons. The van der Waals surface area contributed by atoms with E-state index in [0.717, 1.165) is 0 Å². The third kappa shape index (κ3) is 2.32. The van der Waals surface area contributed by atoms with E-state index in [1.807, 2.05) is 0 Å². The van der Waals surface area contributed by atoms with E-state index in [0.29, 0.717) is 10.0 Å². The molecule has 2 unspecified atom stereocenters. The van der Waals surface area contributed by atoms with Gasteiger partial charge in [0.2, 0.25) is 0 Å². The van der Waals surface area contributed by atoms with Gasteiger partial charge in [-0.3, -0.25) is 4.79 Å². The lowest BCUT2D eigenvalue weighted by molar-refractivity contribution is -0.143.